The number of thioether (sulfide) groups is 1. The molecular weight excluding hydrogens is 369 g/mol. The maximum atomic E-state index is 12.3. The molecule has 0 aliphatic rings. The van der Waals surface area contributed by atoms with E-state index in [0.29, 0.717) is 20.9 Å². The summed E-state index contributed by atoms with van der Waals surface area (Å²) in [5.41, 5.74) is 1.02. The van der Waals surface area contributed by atoms with Gasteiger partial charge in [-0.1, -0.05) is 48.3 Å². The molecule has 8 heteroatoms. The summed E-state index contributed by atoms with van der Waals surface area (Å²) in [6, 6.07) is 6.30. The number of hydrogen-bond acceptors (Lipinski definition) is 4. The fraction of sp³-hybridized carbons (Fsp3) is 0.312. The van der Waals surface area contributed by atoms with Crippen LogP contribution < -0.4 is 10.9 Å². The summed E-state index contributed by atoms with van der Waals surface area (Å²) in [5, 5.41) is 3.60. The van der Waals surface area contributed by atoms with Gasteiger partial charge >= 0.3 is 0 Å². The van der Waals surface area contributed by atoms with Gasteiger partial charge in [-0.05, 0) is 31.5 Å². The van der Waals surface area contributed by atoms with E-state index in [4.69, 9.17) is 23.2 Å². The van der Waals surface area contributed by atoms with Gasteiger partial charge in [-0.3, -0.25) is 9.59 Å². The molecule has 0 saturated carbocycles. The predicted octanol–water partition coefficient (Wildman–Crippen LogP) is 4.15. The van der Waals surface area contributed by atoms with Crippen molar-refractivity contribution < 1.29 is 4.79 Å². The van der Waals surface area contributed by atoms with E-state index in [-0.39, 0.29) is 11.5 Å². The van der Waals surface area contributed by atoms with Crippen LogP contribution in [0.15, 0.2) is 34.2 Å². The number of anilines is 1. The fourth-order valence-corrected chi connectivity index (χ4v) is 3.37. The number of aromatic nitrogens is 2. The molecule has 0 bridgehead atoms. The zero-order chi connectivity index (χ0) is 17.7. The molecule has 0 saturated heterocycles. The predicted molar refractivity (Wildman–Crippen MR) is 99.3 cm³/mol. The first-order valence-electron chi connectivity index (χ1n) is 7.41. The number of nitrogens with one attached hydrogen (secondary N) is 2. The number of aryl methyl sites for hydroxylation is 1. The molecule has 0 spiro atoms. The van der Waals surface area contributed by atoms with Crippen LogP contribution in [0.4, 0.5) is 5.69 Å². The van der Waals surface area contributed by atoms with Crippen molar-refractivity contribution in [3.8, 4) is 0 Å². The molecule has 128 valence electrons. The van der Waals surface area contributed by atoms with Crippen LogP contribution in [0.25, 0.3) is 0 Å². The molecule has 1 aromatic carbocycles. The van der Waals surface area contributed by atoms with E-state index in [2.05, 4.69) is 15.3 Å². The van der Waals surface area contributed by atoms with Gasteiger partial charge in [-0.2, -0.15) is 0 Å². The lowest BCUT2D eigenvalue weighted by atomic mass is 10.2. The van der Waals surface area contributed by atoms with Gasteiger partial charge in [0.25, 0.3) is 5.56 Å². The minimum atomic E-state index is -0.456. The minimum Gasteiger partial charge on any atom is -0.325 e. The number of benzene rings is 1. The minimum absolute atomic E-state index is 0.217. The summed E-state index contributed by atoms with van der Waals surface area (Å²) in [6.45, 7) is 3.75. The van der Waals surface area contributed by atoms with Crippen molar-refractivity contribution in [3.05, 3.63) is 50.4 Å². The molecule has 1 unspecified atom stereocenters. The van der Waals surface area contributed by atoms with Gasteiger partial charge < -0.3 is 10.3 Å². The molecule has 0 fully saturated rings. The Morgan fingerprint density at radius 2 is 1.96 bits per heavy atom. The molecule has 0 radical (unpaired) electrons. The van der Waals surface area contributed by atoms with Crippen molar-refractivity contribution in [2.75, 3.05) is 5.32 Å². The van der Waals surface area contributed by atoms with E-state index in [1.165, 1.54) is 17.8 Å². The maximum absolute atomic E-state index is 12.3. The summed E-state index contributed by atoms with van der Waals surface area (Å²) < 4.78 is 0. The van der Waals surface area contributed by atoms with Crippen LogP contribution in [0, 0.1) is 0 Å². The Labute approximate surface area is 154 Å². The summed E-state index contributed by atoms with van der Waals surface area (Å²) in [6.07, 6.45) is 1.62. The van der Waals surface area contributed by atoms with Crippen molar-refractivity contribution in [2.24, 2.45) is 0 Å². The number of hydrogen-bond donors (Lipinski definition) is 2. The third-order valence-electron chi connectivity index (χ3n) is 3.07. The summed E-state index contributed by atoms with van der Waals surface area (Å²) >= 11 is 13.0. The highest BCUT2D eigenvalue weighted by Gasteiger charge is 2.17. The highest BCUT2D eigenvalue weighted by molar-refractivity contribution is 8.00. The molecule has 1 heterocycles. The maximum Gasteiger partial charge on any atom is 0.251 e. The second kappa shape index (κ2) is 8.55. The fourth-order valence-electron chi connectivity index (χ4n) is 2.01. The lowest BCUT2D eigenvalue weighted by molar-refractivity contribution is -0.115. The topological polar surface area (TPSA) is 74.8 Å². The van der Waals surface area contributed by atoms with Crippen LogP contribution in [-0.2, 0) is 11.2 Å². The smallest absolute Gasteiger partial charge is 0.251 e. The van der Waals surface area contributed by atoms with Gasteiger partial charge in [0.2, 0.25) is 5.91 Å². The highest BCUT2D eigenvalue weighted by Crippen LogP contribution is 2.24. The summed E-state index contributed by atoms with van der Waals surface area (Å²) in [4.78, 5) is 31.0. The van der Waals surface area contributed by atoms with Crippen molar-refractivity contribution in [3.63, 3.8) is 0 Å². The zero-order valence-electron chi connectivity index (χ0n) is 13.2. The second-order valence-corrected chi connectivity index (χ2v) is 7.40. The molecule has 1 amide bonds. The molecular formula is C16H17Cl2N3O2S. The van der Waals surface area contributed by atoms with Gasteiger partial charge in [0.15, 0.2) is 5.16 Å². The van der Waals surface area contributed by atoms with Gasteiger partial charge in [-0.25, -0.2) is 4.98 Å². The number of H-pyrrole nitrogens is 1. The van der Waals surface area contributed by atoms with Gasteiger partial charge in [0.05, 0.1) is 5.25 Å². The van der Waals surface area contributed by atoms with E-state index in [0.717, 1.165) is 18.5 Å². The monoisotopic (exact) mass is 385 g/mol. The number of carbonyl (C=O) groups is 1. The van der Waals surface area contributed by atoms with Crippen molar-refractivity contribution in [2.45, 2.75) is 37.1 Å². The van der Waals surface area contributed by atoms with E-state index >= 15 is 0 Å². The molecule has 5 nitrogen and oxygen atoms in total. The van der Waals surface area contributed by atoms with Crippen molar-refractivity contribution in [1.29, 1.82) is 0 Å². The number of halogens is 2. The molecule has 2 N–H and O–H groups in total. The van der Waals surface area contributed by atoms with E-state index in [9.17, 15) is 9.59 Å². The van der Waals surface area contributed by atoms with Crippen LogP contribution in [-0.4, -0.2) is 21.1 Å². The first-order valence-corrected chi connectivity index (χ1v) is 9.04. The average molecular weight is 386 g/mol. The molecule has 1 atom stereocenters. The average Bonchev–Trinajstić information content (AvgIpc) is 2.45. The molecule has 0 aliphatic carbocycles. The third-order valence-corrected chi connectivity index (χ3v) is 4.49. The van der Waals surface area contributed by atoms with Crippen LogP contribution in [0.3, 0.4) is 0 Å². The highest BCUT2D eigenvalue weighted by atomic mass is 35.5. The quantitative estimate of drug-likeness (QED) is 0.578. The standard InChI is InChI=1S/C16H17Cl2N3O2S/c1-3-4-12-8-14(22)21-16(20-12)24-9(2)15(23)19-13-6-10(17)5-11(18)7-13/h5-9H,3-4H2,1-2H3,(H,19,23)(H,20,21,22). The Morgan fingerprint density at radius 3 is 2.58 bits per heavy atom. The van der Waals surface area contributed by atoms with Crippen molar-refractivity contribution >= 4 is 46.6 Å². The van der Waals surface area contributed by atoms with Crippen molar-refractivity contribution in [1.82, 2.24) is 9.97 Å². The Kier molecular flexibility index (Phi) is 6.71. The van der Waals surface area contributed by atoms with Crippen LogP contribution in [0.1, 0.15) is 26.0 Å². The lowest BCUT2D eigenvalue weighted by Crippen LogP contribution is -2.23. The van der Waals surface area contributed by atoms with Gasteiger partial charge in [0.1, 0.15) is 0 Å². The van der Waals surface area contributed by atoms with Crippen LogP contribution in [0.5, 0.6) is 0 Å². The van der Waals surface area contributed by atoms with Crippen LogP contribution in [0.2, 0.25) is 10.0 Å². The zero-order valence-corrected chi connectivity index (χ0v) is 15.6. The first kappa shape index (κ1) is 18.8. The lowest BCUT2D eigenvalue weighted by Gasteiger charge is -2.12. The number of nitrogens with zero attached hydrogens (tertiary/aromatic N) is 1. The second-order valence-electron chi connectivity index (χ2n) is 5.20. The normalized spacial score (nSPS) is 12.0. The Bertz CT molecular complexity index is 775. The number of aromatic amines is 1. The van der Waals surface area contributed by atoms with E-state index in [1.54, 1.807) is 25.1 Å². The number of rotatable bonds is 6. The Balaban J connectivity index is 2.07. The van der Waals surface area contributed by atoms with E-state index < -0.39 is 5.25 Å². The molecule has 1 aromatic heterocycles. The summed E-state index contributed by atoms with van der Waals surface area (Å²) in [5.74, 6) is -0.234. The SMILES string of the molecule is CCCc1cc(=O)[nH]c(SC(C)C(=O)Nc2cc(Cl)cc(Cl)c2)n1. The number of carbonyl (C=O) groups excluding carboxylic acids is 1. The number of amides is 1. The summed E-state index contributed by atoms with van der Waals surface area (Å²) in [7, 11) is 0. The van der Waals surface area contributed by atoms with Crippen LogP contribution >= 0.6 is 35.0 Å². The van der Waals surface area contributed by atoms with Gasteiger partial charge in [-0.15, -0.1) is 0 Å². The Hall–Kier alpha value is -1.50. The molecule has 24 heavy (non-hydrogen) atoms. The first-order chi connectivity index (χ1) is 11.4. The Morgan fingerprint density at radius 1 is 1.29 bits per heavy atom. The third kappa shape index (κ3) is 5.54. The molecule has 2 rings (SSSR count). The van der Waals surface area contributed by atoms with E-state index in [1.807, 2.05) is 6.92 Å². The largest absolute Gasteiger partial charge is 0.325 e. The molecule has 2 aromatic rings. The molecule has 0 aliphatic heterocycles. The van der Waals surface area contributed by atoms with Gasteiger partial charge in [0, 0.05) is 27.5 Å².